The highest BCUT2D eigenvalue weighted by Crippen LogP contribution is 2.40. The van der Waals surface area contributed by atoms with E-state index >= 15 is 0 Å². The third kappa shape index (κ3) is 3.86. The Labute approximate surface area is 173 Å². The summed E-state index contributed by atoms with van der Waals surface area (Å²) in [5.74, 6) is 0.654. The number of hydrogen-bond donors (Lipinski definition) is 2. The second kappa shape index (κ2) is 8.00. The van der Waals surface area contributed by atoms with Crippen LogP contribution in [0.5, 0.6) is 0 Å². The Morgan fingerprint density at radius 1 is 1.39 bits per heavy atom. The van der Waals surface area contributed by atoms with Crippen molar-refractivity contribution in [3.8, 4) is 0 Å². The molecule has 1 aliphatic heterocycles. The van der Waals surface area contributed by atoms with E-state index in [4.69, 9.17) is 16.3 Å². The number of sulfone groups is 1. The van der Waals surface area contributed by atoms with Crippen molar-refractivity contribution in [3.05, 3.63) is 15.7 Å². The van der Waals surface area contributed by atoms with Crippen molar-refractivity contribution in [1.29, 1.82) is 0 Å². The van der Waals surface area contributed by atoms with Gasteiger partial charge in [-0.3, -0.25) is 0 Å². The van der Waals surface area contributed by atoms with Crippen molar-refractivity contribution in [3.63, 3.8) is 0 Å². The molecule has 1 aliphatic rings. The number of aromatic nitrogens is 2. The monoisotopic (exact) mass is 449 g/mol. The number of morpholine rings is 1. The minimum Gasteiger partial charge on any atom is -0.395 e. The number of rotatable bonds is 6. The van der Waals surface area contributed by atoms with Gasteiger partial charge >= 0.3 is 0 Å². The van der Waals surface area contributed by atoms with E-state index in [1.165, 1.54) is 18.3 Å². The van der Waals surface area contributed by atoms with Gasteiger partial charge in [0.15, 0.2) is 15.7 Å². The van der Waals surface area contributed by atoms with Crippen molar-refractivity contribution < 1.29 is 23.4 Å². The van der Waals surface area contributed by atoms with E-state index in [9.17, 15) is 18.6 Å². The molecule has 156 valence electrons. The van der Waals surface area contributed by atoms with Crippen LogP contribution in [0.25, 0.3) is 10.2 Å². The van der Waals surface area contributed by atoms with Crippen LogP contribution < -0.4 is 4.90 Å². The second-order valence-corrected chi connectivity index (χ2v) is 11.3. The molecule has 0 bridgehead atoms. The molecule has 3 rings (SSSR count). The molecule has 2 atom stereocenters. The Hall–Kier alpha value is -1.04. The average molecular weight is 450 g/mol. The maximum absolute atomic E-state index is 12.3. The van der Waals surface area contributed by atoms with Gasteiger partial charge in [0.05, 0.1) is 47.4 Å². The predicted octanol–water partition coefficient (Wildman–Crippen LogP) is 1.40. The standard InChI is InChI=1S/C17H24ClN3O5S2/c1-10-8-26-5-4-21(10)15-14-13(19-16(18)20-15)11(12(7-22)27-14)6-17(2,9-23)28(3,24)25/h10,22-23H,4-9H2,1-3H3/t10-,17-/m1/s1. The van der Waals surface area contributed by atoms with Crippen LogP contribution in [0.1, 0.15) is 24.3 Å². The molecule has 2 aromatic rings. The Kier molecular flexibility index (Phi) is 6.19. The topological polar surface area (TPSA) is 113 Å². The smallest absolute Gasteiger partial charge is 0.224 e. The first-order valence-corrected chi connectivity index (χ1v) is 11.9. The van der Waals surface area contributed by atoms with Gasteiger partial charge in [0.2, 0.25) is 5.28 Å². The Morgan fingerprint density at radius 3 is 2.68 bits per heavy atom. The lowest BCUT2D eigenvalue weighted by Crippen LogP contribution is -2.44. The summed E-state index contributed by atoms with van der Waals surface area (Å²) in [6, 6.07) is 0.0878. The van der Waals surface area contributed by atoms with Crippen molar-refractivity contribution in [2.24, 2.45) is 0 Å². The molecule has 2 N–H and O–H groups in total. The maximum atomic E-state index is 12.3. The van der Waals surface area contributed by atoms with E-state index in [0.717, 1.165) is 11.0 Å². The lowest BCUT2D eigenvalue weighted by atomic mass is 10.0. The summed E-state index contributed by atoms with van der Waals surface area (Å²) in [5.41, 5.74) is 1.10. The van der Waals surface area contributed by atoms with E-state index in [0.29, 0.717) is 41.5 Å². The number of aliphatic hydroxyl groups excluding tert-OH is 2. The number of ether oxygens (including phenoxy) is 1. The summed E-state index contributed by atoms with van der Waals surface area (Å²) in [7, 11) is -3.56. The van der Waals surface area contributed by atoms with Gasteiger partial charge in [-0.2, -0.15) is 4.98 Å². The fourth-order valence-electron chi connectivity index (χ4n) is 3.25. The number of aliphatic hydroxyl groups is 2. The van der Waals surface area contributed by atoms with E-state index in [1.54, 1.807) is 0 Å². The van der Waals surface area contributed by atoms with E-state index in [-0.39, 0.29) is 24.4 Å². The first kappa shape index (κ1) is 21.7. The lowest BCUT2D eigenvalue weighted by Gasteiger charge is -2.34. The number of nitrogens with zero attached hydrogens (tertiary/aromatic N) is 3. The van der Waals surface area contributed by atoms with Crippen LogP contribution in [-0.2, 0) is 27.6 Å². The SMILES string of the molecule is C[C@@H]1COCCN1c1nc(Cl)nc2c(C[C@](C)(CO)S(C)(=O)=O)c(CO)sc12. The highest BCUT2D eigenvalue weighted by molar-refractivity contribution is 7.92. The minimum absolute atomic E-state index is 0.0175. The van der Waals surface area contributed by atoms with Crippen LogP contribution >= 0.6 is 22.9 Å². The number of thiophene rings is 1. The zero-order chi connectivity index (χ0) is 20.7. The molecule has 0 amide bonds. The zero-order valence-corrected chi connectivity index (χ0v) is 18.4. The Balaban J connectivity index is 2.19. The van der Waals surface area contributed by atoms with E-state index in [2.05, 4.69) is 14.9 Å². The lowest BCUT2D eigenvalue weighted by molar-refractivity contribution is 0.0987. The molecular formula is C17H24ClN3O5S2. The molecule has 0 aliphatic carbocycles. The minimum atomic E-state index is -3.56. The van der Waals surface area contributed by atoms with Crippen molar-refractivity contribution in [2.75, 3.05) is 37.5 Å². The third-order valence-corrected chi connectivity index (χ3v) is 8.67. The van der Waals surface area contributed by atoms with Crippen LogP contribution in [0.4, 0.5) is 5.82 Å². The normalized spacial score (nSPS) is 20.5. The molecule has 11 heteroatoms. The van der Waals surface area contributed by atoms with Crippen molar-refractivity contribution >= 4 is 48.8 Å². The average Bonchev–Trinajstić information content (AvgIpc) is 2.98. The van der Waals surface area contributed by atoms with Crippen LogP contribution in [0, 0.1) is 0 Å². The molecule has 3 heterocycles. The summed E-state index contributed by atoms with van der Waals surface area (Å²) in [6.45, 7) is 4.47. The van der Waals surface area contributed by atoms with E-state index < -0.39 is 21.2 Å². The second-order valence-electron chi connectivity index (χ2n) is 7.33. The van der Waals surface area contributed by atoms with Crippen molar-refractivity contribution in [2.45, 2.75) is 37.7 Å². The predicted molar refractivity (Wildman–Crippen MR) is 110 cm³/mol. The van der Waals surface area contributed by atoms with Gasteiger partial charge in [0.25, 0.3) is 0 Å². The number of halogens is 1. The van der Waals surface area contributed by atoms with Gasteiger partial charge in [-0.05, 0) is 37.4 Å². The molecule has 0 radical (unpaired) electrons. The number of hydrogen-bond acceptors (Lipinski definition) is 9. The zero-order valence-electron chi connectivity index (χ0n) is 16.0. The first-order valence-electron chi connectivity index (χ1n) is 8.85. The molecule has 8 nitrogen and oxygen atoms in total. The van der Waals surface area contributed by atoms with Gasteiger partial charge in [0, 0.05) is 17.7 Å². The van der Waals surface area contributed by atoms with Crippen LogP contribution in [0.15, 0.2) is 0 Å². The van der Waals surface area contributed by atoms with Gasteiger partial charge in [0.1, 0.15) is 0 Å². The molecule has 0 spiro atoms. The quantitative estimate of drug-likeness (QED) is 0.636. The maximum Gasteiger partial charge on any atom is 0.224 e. The van der Waals surface area contributed by atoms with Crippen molar-refractivity contribution in [1.82, 2.24) is 9.97 Å². The molecule has 0 aromatic carbocycles. The Morgan fingerprint density at radius 2 is 2.11 bits per heavy atom. The largest absolute Gasteiger partial charge is 0.395 e. The summed E-state index contributed by atoms with van der Waals surface area (Å²) in [4.78, 5) is 11.4. The molecule has 28 heavy (non-hydrogen) atoms. The Bertz CT molecular complexity index is 981. The molecule has 1 fully saturated rings. The van der Waals surface area contributed by atoms with Gasteiger partial charge in [-0.15, -0.1) is 11.3 Å². The fourth-order valence-corrected chi connectivity index (χ4v) is 5.18. The first-order chi connectivity index (χ1) is 13.1. The van der Waals surface area contributed by atoms with Crippen LogP contribution in [0.2, 0.25) is 5.28 Å². The summed E-state index contributed by atoms with van der Waals surface area (Å²) < 4.78 is 29.4. The molecule has 1 saturated heterocycles. The molecule has 0 saturated carbocycles. The van der Waals surface area contributed by atoms with Gasteiger partial charge < -0.3 is 19.8 Å². The summed E-state index contributed by atoms with van der Waals surface area (Å²) >= 11 is 7.53. The highest BCUT2D eigenvalue weighted by Gasteiger charge is 2.38. The number of fused-ring (bicyclic) bond motifs is 1. The van der Waals surface area contributed by atoms with E-state index in [1.807, 2.05) is 6.92 Å². The van der Waals surface area contributed by atoms with Gasteiger partial charge in [-0.25, -0.2) is 13.4 Å². The third-order valence-electron chi connectivity index (χ3n) is 5.23. The fraction of sp³-hybridized carbons (Fsp3) is 0.647. The molecule has 0 unspecified atom stereocenters. The molecule has 2 aromatic heterocycles. The van der Waals surface area contributed by atoms with Crippen LogP contribution in [0.3, 0.4) is 0 Å². The summed E-state index contributed by atoms with van der Waals surface area (Å²) in [5, 5.41) is 19.7. The highest BCUT2D eigenvalue weighted by atomic mass is 35.5. The number of anilines is 1. The van der Waals surface area contributed by atoms with Gasteiger partial charge in [-0.1, -0.05) is 0 Å². The van der Waals surface area contributed by atoms with Crippen LogP contribution in [-0.4, -0.2) is 72.0 Å². The summed E-state index contributed by atoms with van der Waals surface area (Å²) in [6.07, 6.45) is 1.11. The molecular weight excluding hydrogens is 426 g/mol.